The fourth-order valence-corrected chi connectivity index (χ4v) is 6.97. The molecule has 0 amide bonds. The Hall–Kier alpha value is -2.13. The molecule has 1 aliphatic carbocycles. The maximum atomic E-state index is 2.76. The lowest BCUT2D eigenvalue weighted by molar-refractivity contribution is -0.664. The zero-order chi connectivity index (χ0) is 18.7. The van der Waals surface area contributed by atoms with Gasteiger partial charge >= 0.3 is 0 Å². The summed E-state index contributed by atoms with van der Waals surface area (Å²) in [5, 5.41) is 4.15. The number of hydrogen-bond acceptors (Lipinski definition) is 2. The van der Waals surface area contributed by atoms with E-state index in [9.17, 15) is 0 Å². The van der Waals surface area contributed by atoms with E-state index in [2.05, 4.69) is 58.9 Å². The van der Waals surface area contributed by atoms with E-state index in [1.807, 2.05) is 11.3 Å². The van der Waals surface area contributed by atoms with Gasteiger partial charge in [-0.15, -0.1) is 0 Å². The Bertz CT molecular complexity index is 1150. The average molecular weight is 388 g/mol. The molecule has 3 aliphatic rings. The fraction of sp³-hybridized carbons (Fsp3) is 0.400. The molecule has 1 aromatic heterocycles. The summed E-state index contributed by atoms with van der Waals surface area (Å²) >= 11 is 1.97. The predicted molar refractivity (Wildman–Crippen MR) is 118 cm³/mol. The van der Waals surface area contributed by atoms with Crippen LogP contribution in [0.2, 0.25) is 0 Å². The van der Waals surface area contributed by atoms with Crippen LogP contribution in [0, 0.1) is 0 Å². The monoisotopic (exact) mass is 387 g/mol. The van der Waals surface area contributed by atoms with Gasteiger partial charge in [0.25, 0.3) is 5.01 Å². The molecule has 0 spiro atoms. The van der Waals surface area contributed by atoms with Gasteiger partial charge in [0.05, 0.1) is 5.39 Å². The quantitative estimate of drug-likeness (QED) is 0.485. The molecule has 3 heteroatoms. The lowest BCUT2D eigenvalue weighted by Crippen LogP contribution is -2.35. The molecule has 0 N–H and O–H groups in total. The fourth-order valence-electron chi connectivity index (χ4n) is 5.76. The zero-order valence-corrected chi connectivity index (χ0v) is 17.4. The zero-order valence-electron chi connectivity index (χ0n) is 16.6. The van der Waals surface area contributed by atoms with Gasteiger partial charge in [0.1, 0.15) is 11.2 Å². The van der Waals surface area contributed by atoms with Crippen molar-refractivity contribution in [3.05, 3.63) is 58.2 Å². The molecular weight excluding hydrogens is 360 g/mol. The number of fused-ring (bicyclic) bond motifs is 5. The summed E-state index contributed by atoms with van der Waals surface area (Å²) in [6.07, 6.45) is 10.5. The van der Waals surface area contributed by atoms with E-state index in [0.717, 1.165) is 12.6 Å². The lowest BCUT2D eigenvalue weighted by atomic mass is 9.92. The minimum atomic E-state index is 0.758. The first-order chi connectivity index (χ1) is 13.8. The van der Waals surface area contributed by atoms with Crippen LogP contribution < -0.4 is 4.57 Å². The molecule has 2 aromatic carbocycles. The van der Waals surface area contributed by atoms with Crippen molar-refractivity contribution >= 4 is 38.4 Å². The molecular formula is C25H27N2S+. The number of benzene rings is 2. The molecule has 6 rings (SSSR count). The van der Waals surface area contributed by atoms with E-state index in [-0.39, 0.29) is 0 Å². The van der Waals surface area contributed by atoms with Crippen molar-refractivity contribution in [1.82, 2.24) is 4.90 Å². The summed E-state index contributed by atoms with van der Waals surface area (Å²) in [7, 11) is 0. The summed E-state index contributed by atoms with van der Waals surface area (Å²) in [4.78, 5) is 2.76. The van der Waals surface area contributed by atoms with Crippen LogP contribution in [0.25, 0.3) is 27.1 Å². The number of aromatic nitrogens is 1. The van der Waals surface area contributed by atoms with Gasteiger partial charge < -0.3 is 4.90 Å². The van der Waals surface area contributed by atoms with Gasteiger partial charge in [-0.1, -0.05) is 35.6 Å². The van der Waals surface area contributed by atoms with Crippen molar-refractivity contribution in [1.29, 1.82) is 0 Å². The second-order valence-corrected chi connectivity index (χ2v) is 9.52. The SMILES string of the molecule is CC[n+]1c(C=C2CC3CCCN3C3=C2CCC3)sc2ccc3ccccc3c21. The van der Waals surface area contributed by atoms with Gasteiger partial charge in [0, 0.05) is 24.4 Å². The van der Waals surface area contributed by atoms with Crippen LogP contribution in [-0.4, -0.2) is 17.5 Å². The van der Waals surface area contributed by atoms with Crippen molar-refractivity contribution < 1.29 is 4.57 Å². The number of hydrogen-bond donors (Lipinski definition) is 0. The highest BCUT2D eigenvalue weighted by atomic mass is 32.1. The van der Waals surface area contributed by atoms with Crippen molar-refractivity contribution in [2.24, 2.45) is 0 Å². The first kappa shape index (κ1) is 16.8. The molecule has 3 heterocycles. The second-order valence-electron chi connectivity index (χ2n) is 8.46. The molecule has 0 bridgehead atoms. The van der Waals surface area contributed by atoms with Crippen LogP contribution in [0.15, 0.2) is 53.2 Å². The van der Waals surface area contributed by atoms with E-state index in [1.165, 1.54) is 71.1 Å². The van der Waals surface area contributed by atoms with E-state index < -0.39 is 0 Å². The molecule has 3 aromatic rings. The van der Waals surface area contributed by atoms with Gasteiger partial charge in [-0.05, 0) is 74.1 Å². The highest BCUT2D eigenvalue weighted by Gasteiger charge is 2.36. The standard InChI is InChI=1S/C25H27N2S/c1-2-26-24(28-23-13-12-17-7-3-4-9-21(17)25(23)26)16-18-15-19-8-6-14-27(19)22-11-5-10-20(18)22/h3-4,7,9,12-13,16,19H,2,5-6,8,10-11,14-15H2,1H3/q+1. The Labute approximate surface area is 170 Å². The molecule has 1 atom stereocenters. The van der Waals surface area contributed by atoms with Crippen molar-refractivity contribution in [3.8, 4) is 0 Å². The molecule has 0 saturated carbocycles. The van der Waals surface area contributed by atoms with Gasteiger partial charge in [-0.2, -0.15) is 4.57 Å². The van der Waals surface area contributed by atoms with Crippen molar-refractivity contribution in [3.63, 3.8) is 0 Å². The third kappa shape index (κ3) is 2.42. The molecule has 1 unspecified atom stereocenters. The number of nitrogens with zero attached hydrogens (tertiary/aromatic N) is 2. The Kier molecular flexibility index (Phi) is 3.87. The van der Waals surface area contributed by atoms with Crippen molar-refractivity contribution in [2.75, 3.05) is 6.54 Å². The summed E-state index contributed by atoms with van der Waals surface area (Å²) in [5.74, 6) is 0. The number of allylic oxidation sites excluding steroid dienone is 2. The van der Waals surface area contributed by atoms with Crippen LogP contribution in [-0.2, 0) is 6.54 Å². The van der Waals surface area contributed by atoms with Crippen LogP contribution in [0.4, 0.5) is 0 Å². The molecule has 142 valence electrons. The largest absolute Gasteiger partial charge is 0.371 e. The van der Waals surface area contributed by atoms with Crippen LogP contribution in [0.1, 0.15) is 50.5 Å². The van der Waals surface area contributed by atoms with Gasteiger partial charge in [-0.25, -0.2) is 0 Å². The lowest BCUT2D eigenvalue weighted by Gasteiger charge is -2.35. The number of rotatable bonds is 2. The maximum absolute atomic E-state index is 2.76. The minimum Gasteiger partial charge on any atom is -0.371 e. The summed E-state index contributed by atoms with van der Waals surface area (Å²) in [6, 6.07) is 14.2. The summed E-state index contributed by atoms with van der Waals surface area (Å²) < 4.78 is 3.96. The highest BCUT2D eigenvalue weighted by molar-refractivity contribution is 7.19. The third-order valence-corrected chi connectivity index (χ3v) is 8.08. The highest BCUT2D eigenvalue weighted by Crippen LogP contribution is 2.45. The van der Waals surface area contributed by atoms with Crippen molar-refractivity contribution in [2.45, 2.75) is 58.0 Å². The van der Waals surface area contributed by atoms with E-state index in [1.54, 1.807) is 16.8 Å². The first-order valence-corrected chi connectivity index (χ1v) is 11.7. The average Bonchev–Trinajstić information content (AvgIpc) is 3.45. The van der Waals surface area contributed by atoms with Gasteiger partial charge in [0.15, 0.2) is 0 Å². The Balaban J connectivity index is 1.54. The number of thiazole rings is 1. The molecule has 2 nitrogen and oxygen atoms in total. The predicted octanol–water partition coefficient (Wildman–Crippen LogP) is 6.05. The maximum Gasteiger partial charge on any atom is 0.263 e. The topological polar surface area (TPSA) is 7.12 Å². The van der Waals surface area contributed by atoms with Crippen LogP contribution >= 0.6 is 11.3 Å². The molecule has 28 heavy (non-hydrogen) atoms. The molecule has 1 saturated heterocycles. The van der Waals surface area contributed by atoms with Gasteiger partial charge in [-0.3, -0.25) is 0 Å². The third-order valence-electron chi connectivity index (χ3n) is 6.98. The second kappa shape index (κ2) is 6.45. The number of aryl methyl sites for hydroxylation is 1. The molecule has 1 fully saturated rings. The van der Waals surface area contributed by atoms with Crippen LogP contribution in [0.5, 0.6) is 0 Å². The minimum absolute atomic E-state index is 0.758. The summed E-state index contributed by atoms with van der Waals surface area (Å²) in [6.45, 7) is 4.60. The Morgan fingerprint density at radius 3 is 3.00 bits per heavy atom. The Morgan fingerprint density at radius 1 is 1.14 bits per heavy atom. The van der Waals surface area contributed by atoms with E-state index in [4.69, 9.17) is 0 Å². The van der Waals surface area contributed by atoms with E-state index >= 15 is 0 Å². The smallest absolute Gasteiger partial charge is 0.263 e. The van der Waals surface area contributed by atoms with Gasteiger partial charge in [0.2, 0.25) is 5.52 Å². The molecule has 2 aliphatic heterocycles. The first-order valence-electron chi connectivity index (χ1n) is 10.9. The van der Waals surface area contributed by atoms with Crippen LogP contribution in [0.3, 0.4) is 0 Å². The summed E-state index contributed by atoms with van der Waals surface area (Å²) in [5.41, 5.74) is 6.42. The normalized spacial score (nSPS) is 23.2. The van der Waals surface area contributed by atoms with E-state index in [0.29, 0.717) is 0 Å². The Morgan fingerprint density at radius 2 is 2.07 bits per heavy atom. The molecule has 0 radical (unpaired) electrons.